The van der Waals surface area contributed by atoms with Gasteiger partial charge in [-0.3, -0.25) is 4.79 Å². The lowest BCUT2D eigenvalue weighted by Crippen LogP contribution is -2.26. The molecule has 0 aliphatic carbocycles. The largest absolute Gasteiger partial charge is 0.393 e. The number of nitrogens with zero attached hydrogens (tertiary/aromatic N) is 5. The second-order valence-electron chi connectivity index (χ2n) is 14.1. The van der Waals surface area contributed by atoms with Crippen LogP contribution in [0.3, 0.4) is 0 Å². The first kappa shape index (κ1) is 51.4. The lowest BCUT2D eigenvalue weighted by molar-refractivity contribution is -0.594. The summed E-state index contributed by atoms with van der Waals surface area (Å²) >= 11 is 44.5. The first-order valence-electron chi connectivity index (χ1n) is 19.4. The smallest absolute Gasteiger partial charge is 0.246 e. The zero-order valence-corrected chi connectivity index (χ0v) is 42.5. The number of H-pyrrole nitrogens is 1. The number of hydrogen-bond acceptors (Lipinski definition) is 6. The van der Waals surface area contributed by atoms with Gasteiger partial charge in [-0.05, 0) is 96.4 Å². The van der Waals surface area contributed by atoms with Gasteiger partial charge in [0.05, 0.1) is 75.7 Å². The molecule has 0 aliphatic heterocycles. The summed E-state index contributed by atoms with van der Waals surface area (Å²) in [7, 11) is 0. The maximum Gasteiger partial charge on any atom is 0.246 e. The first-order chi connectivity index (χ1) is 31.1. The molecule has 3 aromatic heterocycles. The van der Waals surface area contributed by atoms with E-state index >= 15 is 0 Å². The number of ketones is 1. The molecule has 0 atom stereocenters. The van der Waals surface area contributed by atoms with Crippen LogP contribution >= 0.6 is 109 Å². The number of carbonyl (C=O) groups excluding carboxylic acids is 1. The third-order valence-corrected chi connectivity index (χ3v) is 12.8. The number of thiazole rings is 1. The zero-order chi connectivity index (χ0) is 47.0. The average Bonchev–Trinajstić information content (AvgIpc) is 4.07. The van der Waals surface area contributed by atoms with E-state index in [1.54, 1.807) is 41.7 Å². The number of Topliss-reactive ketones (excluding diaryl/α,β-unsaturated/α-hetero) is 1. The second kappa shape index (κ2) is 25.4. The molecule has 0 radical (unpaired) electrons. The summed E-state index contributed by atoms with van der Waals surface area (Å²) in [5.41, 5.74) is 15.4. The minimum atomic E-state index is 0.0989. The molecule has 0 spiro atoms. The molecule has 332 valence electrons. The number of nitriles is 1. The fourth-order valence-electron chi connectivity index (χ4n) is 5.81. The number of imidazole rings is 2. The number of aryl methyl sites for hydroxylation is 2. The number of alkyl halides is 1. The van der Waals surface area contributed by atoms with Crippen molar-refractivity contribution in [3.05, 3.63) is 202 Å². The quantitative estimate of drug-likeness (QED) is 0.0610. The van der Waals surface area contributed by atoms with Crippen molar-refractivity contribution >= 4 is 120 Å². The third kappa shape index (κ3) is 16.1. The van der Waals surface area contributed by atoms with Crippen molar-refractivity contribution in [2.75, 3.05) is 5.33 Å². The molecule has 0 unspecified atom stereocenters. The molecular formula is C48H39BrCl6N7OS2+. The Morgan fingerprint density at radius 1 is 0.831 bits per heavy atom. The van der Waals surface area contributed by atoms with Crippen molar-refractivity contribution in [3.8, 4) is 28.7 Å². The van der Waals surface area contributed by atoms with Crippen LogP contribution in [0.5, 0.6) is 0 Å². The monoisotopic (exact) mass is 1080 g/mol. The molecule has 0 aliphatic rings. The summed E-state index contributed by atoms with van der Waals surface area (Å²) in [6, 6.07) is 34.1. The van der Waals surface area contributed by atoms with E-state index in [0.29, 0.717) is 53.3 Å². The molecule has 0 amide bonds. The molecule has 3 heterocycles. The Kier molecular flexibility index (Phi) is 20.1. The molecule has 17 heteroatoms. The molecule has 65 heavy (non-hydrogen) atoms. The van der Waals surface area contributed by atoms with Crippen LogP contribution in [-0.2, 0) is 19.3 Å². The van der Waals surface area contributed by atoms with Crippen molar-refractivity contribution in [2.45, 2.75) is 33.1 Å². The molecule has 0 saturated heterocycles. The SMILES string of the molecule is Cc1c[n+](-c2ccc(C(=O)CBr)cc2)c[nH]1.Cc1cn(-c2ccc(-c3csc(Cc4ccc(Cl)c(Cl)c4)n3)cc2)cn1.N#CCc1ccc(Cl)c(Cl)c1.NC(=S)Cc1ccc(Cl)c(Cl)c1. The number of aromatic amines is 1. The highest BCUT2D eigenvalue weighted by Gasteiger charge is 2.10. The maximum absolute atomic E-state index is 11.4. The van der Waals surface area contributed by atoms with Gasteiger partial charge in [0.2, 0.25) is 6.33 Å². The number of thiocarbonyl (C=S) groups is 1. The predicted octanol–water partition coefficient (Wildman–Crippen LogP) is 14.3. The molecule has 8 nitrogen and oxygen atoms in total. The molecule has 0 bridgehead atoms. The van der Waals surface area contributed by atoms with E-state index in [1.807, 2.05) is 103 Å². The first-order valence-corrected chi connectivity index (χ1v) is 24.1. The summed E-state index contributed by atoms with van der Waals surface area (Å²) in [6.45, 7) is 3.98. The lowest BCUT2D eigenvalue weighted by atomic mass is 10.1. The molecular weight excluding hydrogens is 1050 g/mol. The van der Waals surface area contributed by atoms with E-state index in [0.717, 1.165) is 67.7 Å². The number of nitrogens with two attached hydrogens (primary N) is 1. The Hall–Kier alpha value is -4.58. The van der Waals surface area contributed by atoms with Gasteiger partial charge in [0.15, 0.2) is 5.78 Å². The van der Waals surface area contributed by atoms with E-state index in [1.165, 1.54) is 0 Å². The molecule has 0 fully saturated rings. The van der Waals surface area contributed by atoms with Gasteiger partial charge in [-0.2, -0.15) is 5.26 Å². The van der Waals surface area contributed by atoms with E-state index in [4.69, 9.17) is 97.8 Å². The summed E-state index contributed by atoms with van der Waals surface area (Å²) in [4.78, 5) is 24.0. The Labute approximate surface area is 425 Å². The van der Waals surface area contributed by atoms with Crippen molar-refractivity contribution < 1.29 is 9.36 Å². The number of halogens is 7. The van der Waals surface area contributed by atoms with Crippen LogP contribution in [0, 0.1) is 25.2 Å². The number of benzene rings is 5. The minimum absolute atomic E-state index is 0.0989. The average molecular weight is 1090 g/mol. The number of hydrogen-bond donors (Lipinski definition) is 2. The van der Waals surface area contributed by atoms with Gasteiger partial charge in [-0.1, -0.05) is 128 Å². The fourth-order valence-corrected chi connectivity index (χ4v) is 8.10. The van der Waals surface area contributed by atoms with Crippen LogP contribution < -0.4 is 10.3 Å². The second-order valence-corrected chi connectivity index (χ2v) is 18.6. The minimum Gasteiger partial charge on any atom is -0.393 e. The van der Waals surface area contributed by atoms with Gasteiger partial charge in [0.1, 0.15) is 17.6 Å². The number of carbonyl (C=O) groups is 1. The summed E-state index contributed by atoms with van der Waals surface area (Å²) in [6.07, 6.45) is 9.39. The third-order valence-electron chi connectivity index (χ3n) is 9.07. The molecule has 5 aromatic carbocycles. The highest BCUT2D eigenvalue weighted by atomic mass is 79.9. The lowest BCUT2D eigenvalue weighted by Gasteiger charge is -2.03. The van der Waals surface area contributed by atoms with Gasteiger partial charge in [-0.25, -0.2) is 19.5 Å². The van der Waals surface area contributed by atoms with Gasteiger partial charge in [-0.15, -0.1) is 11.3 Å². The van der Waals surface area contributed by atoms with Crippen molar-refractivity contribution in [2.24, 2.45) is 5.73 Å². The topological polar surface area (TPSA) is 117 Å². The van der Waals surface area contributed by atoms with Crippen LogP contribution in [0.15, 0.2) is 134 Å². The van der Waals surface area contributed by atoms with Crippen LogP contribution in [-0.4, -0.2) is 35.6 Å². The zero-order valence-electron chi connectivity index (χ0n) is 34.7. The standard InChI is InChI=1S/C20H15Cl2N3S.C12H11BrN2O.C8H7Cl2NS.C8H5Cl2N/c1-13-10-25(12-23-13)16-5-3-15(4-6-16)19-11-26-20(24-19)9-14-2-7-17(21)18(22)8-14;1-9-7-15(8-14-9)11-4-2-10(3-5-11)12(16)6-13;9-6-2-1-5(3-7(6)10)4-8(11)12;9-7-2-1-6(3-4-11)5-8(7)10/h2-8,10-12H,9H2,1H3;2-5,7-8H,6H2,1H3;1-3H,4H2,(H2,11,12);1-2,5H,3H2/p+1. The number of nitrogens with one attached hydrogen (secondary N) is 1. The summed E-state index contributed by atoms with van der Waals surface area (Å²) < 4.78 is 3.99. The van der Waals surface area contributed by atoms with Crippen molar-refractivity contribution in [1.82, 2.24) is 19.5 Å². The highest BCUT2D eigenvalue weighted by molar-refractivity contribution is 9.09. The molecule has 0 saturated carbocycles. The van der Waals surface area contributed by atoms with E-state index < -0.39 is 0 Å². The fraction of sp³-hybridized carbons (Fsp3) is 0.125. The van der Waals surface area contributed by atoms with Crippen LogP contribution in [0.1, 0.15) is 43.4 Å². The van der Waals surface area contributed by atoms with E-state index in [9.17, 15) is 4.79 Å². The Morgan fingerprint density at radius 3 is 1.94 bits per heavy atom. The Bertz CT molecular complexity index is 2910. The van der Waals surface area contributed by atoms with Crippen molar-refractivity contribution in [1.29, 1.82) is 5.26 Å². The molecule has 8 aromatic rings. The molecule has 3 N–H and O–H groups in total. The van der Waals surface area contributed by atoms with E-state index in [2.05, 4.69) is 55.5 Å². The molecule has 8 rings (SSSR count). The van der Waals surface area contributed by atoms with Crippen LogP contribution in [0.25, 0.3) is 22.6 Å². The van der Waals surface area contributed by atoms with Crippen LogP contribution in [0.4, 0.5) is 0 Å². The van der Waals surface area contributed by atoms with Crippen LogP contribution in [0.2, 0.25) is 30.1 Å². The predicted molar refractivity (Wildman–Crippen MR) is 277 cm³/mol. The number of aromatic nitrogens is 5. The summed E-state index contributed by atoms with van der Waals surface area (Å²) in [5, 5.41) is 15.1. The van der Waals surface area contributed by atoms with Crippen molar-refractivity contribution in [3.63, 3.8) is 0 Å². The van der Waals surface area contributed by atoms with Gasteiger partial charge in [0, 0.05) is 48.2 Å². The van der Waals surface area contributed by atoms with Gasteiger partial charge < -0.3 is 10.3 Å². The Morgan fingerprint density at radius 2 is 1.42 bits per heavy atom. The number of rotatable bonds is 10. The van der Waals surface area contributed by atoms with Gasteiger partial charge in [0.25, 0.3) is 0 Å². The summed E-state index contributed by atoms with van der Waals surface area (Å²) in [5.74, 6) is 0.0989. The Balaban J connectivity index is 0.000000175. The highest BCUT2D eigenvalue weighted by Crippen LogP contribution is 2.28. The van der Waals surface area contributed by atoms with Gasteiger partial charge >= 0.3 is 0 Å². The maximum atomic E-state index is 11.4. The normalized spacial score (nSPS) is 10.3. The van der Waals surface area contributed by atoms with E-state index in [-0.39, 0.29) is 5.78 Å².